The molecule has 0 unspecified atom stereocenters. The van der Waals surface area contributed by atoms with Crippen molar-refractivity contribution in [3.8, 4) is 17.0 Å². The van der Waals surface area contributed by atoms with Crippen LogP contribution in [0.3, 0.4) is 0 Å². The monoisotopic (exact) mass is 262 g/mol. The Balaban J connectivity index is 2.58. The number of rotatable bonds is 3. The van der Waals surface area contributed by atoms with Crippen LogP contribution in [0.5, 0.6) is 5.75 Å². The van der Waals surface area contributed by atoms with Crippen molar-refractivity contribution in [2.24, 2.45) is 5.73 Å². The Morgan fingerprint density at radius 1 is 1.39 bits per heavy atom. The van der Waals surface area contributed by atoms with Crippen LogP contribution in [0.25, 0.3) is 11.3 Å². The Labute approximate surface area is 109 Å². The highest BCUT2D eigenvalue weighted by Gasteiger charge is 2.14. The van der Waals surface area contributed by atoms with Crippen molar-refractivity contribution in [1.29, 1.82) is 0 Å². The molecule has 0 aliphatic heterocycles. The molecule has 1 aromatic carbocycles. The number of methoxy groups -OCH3 is 1. The summed E-state index contributed by atoms with van der Waals surface area (Å²) in [7, 11) is 1.63. The van der Waals surface area contributed by atoms with Gasteiger partial charge in [0.2, 0.25) is 0 Å². The first-order chi connectivity index (χ1) is 8.52. The first-order valence-electron chi connectivity index (χ1n) is 5.44. The smallest absolute Gasteiger partial charge is 0.277 e. The molecule has 0 atom stereocenters. The summed E-state index contributed by atoms with van der Waals surface area (Å²) in [5.41, 5.74) is 8.99. The fraction of sp³-hybridized carbons (Fsp3) is 0.231. The van der Waals surface area contributed by atoms with E-state index in [1.165, 1.54) is 11.3 Å². The van der Waals surface area contributed by atoms with Crippen molar-refractivity contribution in [2.75, 3.05) is 7.11 Å². The fourth-order valence-electron chi connectivity index (χ4n) is 1.93. The number of carbonyl (C=O) groups is 1. The van der Waals surface area contributed by atoms with E-state index in [2.05, 4.69) is 4.98 Å². The summed E-state index contributed by atoms with van der Waals surface area (Å²) < 4.78 is 5.40. The van der Waals surface area contributed by atoms with E-state index in [0.717, 1.165) is 28.1 Å². The molecule has 94 valence electrons. The van der Waals surface area contributed by atoms with Crippen LogP contribution >= 0.6 is 11.3 Å². The molecule has 0 saturated heterocycles. The maximum Gasteiger partial charge on any atom is 0.277 e. The van der Waals surface area contributed by atoms with Crippen LogP contribution in [0.15, 0.2) is 17.5 Å². The van der Waals surface area contributed by atoms with Gasteiger partial charge in [-0.05, 0) is 31.0 Å². The van der Waals surface area contributed by atoms with Gasteiger partial charge in [0.05, 0.1) is 12.8 Å². The van der Waals surface area contributed by atoms with Gasteiger partial charge in [0.25, 0.3) is 5.91 Å². The van der Waals surface area contributed by atoms with Crippen molar-refractivity contribution in [2.45, 2.75) is 13.8 Å². The highest BCUT2D eigenvalue weighted by atomic mass is 32.1. The van der Waals surface area contributed by atoms with Gasteiger partial charge < -0.3 is 10.5 Å². The van der Waals surface area contributed by atoms with E-state index < -0.39 is 5.91 Å². The minimum Gasteiger partial charge on any atom is -0.496 e. The molecule has 0 spiro atoms. The highest BCUT2D eigenvalue weighted by molar-refractivity contribution is 7.12. The van der Waals surface area contributed by atoms with Gasteiger partial charge in [0.15, 0.2) is 5.01 Å². The second-order valence-corrected chi connectivity index (χ2v) is 4.92. The second-order valence-electron chi connectivity index (χ2n) is 4.06. The third-order valence-corrected chi connectivity index (χ3v) is 3.47. The Bertz CT molecular complexity index is 605. The lowest BCUT2D eigenvalue weighted by molar-refractivity contribution is 0.1000. The molecule has 1 heterocycles. The average molecular weight is 262 g/mol. The van der Waals surface area contributed by atoms with Gasteiger partial charge in [-0.15, -0.1) is 11.3 Å². The summed E-state index contributed by atoms with van der Waals surface area (Å²) in [5, 5.41) is 2.13. The van der Waals surface area contributed by atoms with E-state index in [4.69, 9.17) is 10.5 Å². The third kappa shape index (κ3) is 2.22. The lowest BCUT2D eigenvalue weighted by Gasteiger charge is -2.11. The van der Waals surface area contributed by atoms with Gasteiger partial charge in [-0.25, -0.2) is 4.98 Å². The average Bonchev–Trinajstić information content (AvgIpc) is 2.77. The van der Waals surface area contributed by atoms with Gasteiger partial charge in [0.1, 0.15) is 5.75 Å². The molecule has 5 heteroatoms. The Kier molecular flexibility index (Phi) is 3.34. The minimum absolute atomic E-state index is 0.311. The SMILES string of the molecule is COc1c(C)cc(C)cc1-c1csc(C(N)=O)n1. The molecule has 0 aliphatic carbocycles. The van der Waals surface area contributed by atoms with Gasteiger partial charge >= 0.3 is 0 Å². The van der Waals surface area contributed by atoms with E-state index in [9.17, 15) is 4.79 Å². The van der Waals surface area contributed by atoms with Crippen LogP contribution in [0.2, 0.25) is 0 Å². The minimum atomic E-state index is -0.505. The standard InChI is InChI=1S/C13H14N2O2S/c1-7-4-8(2)11(17-3)9(5-7)10-6-18-13(15-10)12(14)16/h4-6H,1-3H3,(H2,14,16). The van der Waals surface area contributed by atoms with Gasteiger partial charge in [-0.2, -0.15) is 0 Å². The molecule has 2 aromatic rings. The molecule has 2 rings (SSSR count). The van der Waals surface area contributed by atoms with Crippen molar-refractivity contribution >= 4 is 17.2 Å². The number of carbonyl (C=O) groups excluding carboxylic acids is 1. The number of hydrogen-bond donors (Lipinski definition) is 1. The molecule has 0 aliphatic rings. The highest BCUT2D eigenvalue weighted by Crippen LogP contribution is 2.34. The van der Waals surface area contributed by atoms with Gasteiger partial charge in [0, 0.05) is 10.9 Å². The molecule has 0 bridgehead atoms. The number of thiazole rings is 1. The van der Waals surface area contributed by atoms with Crippen molar-refractivity contribution in [3.63, 3.8) is 0 Å². The van der Waals surface area contributed by atoms with E-state index in [-0.39, 0.29) is 0 Å². The van der Waals surface area contributed by atoms with E-state index in [0.29, 0.717) is 5.01 Å². The molecule has 0 saturated carbocycles. The first-order valence-corrected chi connectivity index (χ1v) is 6.32. The quantitative estimate of drug-likeness (QED) is 0.924. The Hall–Kier alpha value is -1.88. The van der Waals surface area contributed by atoms with E-state index >= 15 is 0 Å². The lowest BCUT2D eigenvalue weighted by atomic mass is 10.0. The van der Waals surface area contributed by atoms with Crippen molar-refractivity contribution in [3.05, 3.63) is 33.6 Å². The second kappa shape index (κ2) is 4.78. The number of ether oxygens (including phenoxy) is 1. The zero-order valence-corrected chi connectivity index (χ0v) is 11.3. The van der Waals surface area contributed by atoms with Crippen molar-refractivity contribution < 1.29 is 9.53 Å². The number of aryl methyl sites for hydroxylation is 2. The molecular formula is C13H14N2O2S. The van der Waals surface area contributed by atoms with Crippen molar-refractivity contribution in [1.82, 2.24) is 4.98 Å². The Morgan fingerprint density at radius 2 is 2.11 bits per heavy atom. The largest absolute Gasteiger partial charge is 0.496 e. The zero-order valence-electron chi connectivity index (χ0n) is 10.5. The van der Waals surface area contributed by atoms with Crippen LogP contribution in [0.1, 0.15) is 20.9 Å². The first kappa shape index (κ1) is 12.6. The normalized spacial score (nSPS) is 10.4. The van der Waals surface area contributed by atoms with Crippen LogP contribution in [0.4, 0.5) is 0 Å². The predicted octanol–water partition coefficient (Wildman–Crippen LogP) is 2.53. The zero-order chi connectivity index (χ0) is 13.3. The van der Waals surface area contributed by atoms with Crippen LogP contribution in [-0.4, -0.2) is 18.0 Å². The maximum absolute atomic E-state index is 11.1. The summed E-state index contributed by atoms with van der Waals surface area (Å²) in [6.07, 6.45) is 0. The molecule has 4 nitrogen and oxygen atoms in total. The molecule has 0 fully saturated rings. The maximum atomic E-state index is 11.1. The van der Waals surface area contributed by atoms with Gasteiger partial charge in [-0.1, -0.05) is 6.07 Å². The number of nitrogens with zero attached hydrogens (tertiary/aromatic N) is 1. The summed E-state index contributed by atoms with van der Waals surface area (Å²) in [6.45, 7) is 3.99. The molecule has 1 aromatic heterocycles. The fourth-order valence-corrected chi connectivity index (χ4v) is 2.60. The van der Waals surface area contributed by atoms with Crippen LogP contribution in [-0.2, 0) is 0 Å². The third-order valence-electron chi connectivity index (χ3n) is 2.61. The number of amides is 1. The number of benzene rings is 1. The van der Waals surface area contributed by atoms with E-state index in [1.807, 2.05) is 31.4 Å². The Morgan fingerprint density at radius 3 is 2.67 bits per heavy atom. The van der Waals surface area contributed by atoms with Crippen LogP contribution in [0, 0.1) is 13.8 Å². The lowest BCUT2D eigenvalue weighted by Crippen LogP contribution is -2.10. The summed E-state index contributed by atoms with van der Waals surface area (Å²) in [5.74, 6) is 0.275. The molecule has 0 radical (unpaired) electrons. The summed E-state index contributed by atoms with van der Waals surface area (Å²) in [4.78, 5) is 15.3. The predicted molar refractivity (Wildman–Crippen MR) is 72.1 cm³/mol. The van der Waals surface area contributed by atoms with E-state index in [1.54, 1.807) is 7.11 Å². The molecular weight excluding hydrogens is 248 g/mol. The number of hydrogen-bond acceptors (Lipinski definition) is 4. The number of primary amides is 1. The molecule has 1 amide bonds. The summed E-state index contributed by atoms with van der Waals surface area (Å²) in [6, 6.07) is 4.04. The number of nitrogens with two attached hydrogens (primary N) is 1. The molecule has 18 heavy (non-hydrogen) atoms. The van der Waals surface area contributed by atoms with Gasteiger partial charge in [-0.3, -0.25) is 4.79 Å². The summed E-state index contributed by atoms with van der Waals surface area (Å²) >= 11 is 1.24. The van der Waals surface area contributed by atoms with Crippen LogP contribution < -0.4 is 10.5 Å². The molecule has 2 N–H and O–H groups in total. The number of aromatic nitrogens is 1. The topological polar surface area (TPSA) is 65.2 Å².